The smallest absolute Gasteiger partial charge is 0.311 e. The van der Waals surface area contributed by atoms with E-state index in [2.05, 4.69) is 17.6 Å². The summed E-state index contributed by atoms with van der Waals surface area (Å²) in [5.41, 5.74) is -0.273. The molecule has 9 heteroatoms. The molecule has 8 nitrogen and oxygen atoms in total. The van der Waals surface area contributed by atoms with E-state index in [4.69, 9.17) is 14.2 Å². The predicted molar refractivity (Wildman–Crippen MR) is 149 cm³/mol. The highest BCUT2D eigenvalue weighted by molar-refractivity contribution is 5.98. The summed E-state index contributed by atoms with van der Waals surface area (Å²) in [4.78, 5) is 38.6. The van der Waals surface area contributed by atoms with Gasteiger partial charge in [-0.1, -0.05) is 32.6 Å². The number of nitrogens with one attached hydrogen (secondary N) is 2. The first-order valence-electron chi connectivity index (χ1n) is 14.8. The van der Waals surface area contributed by atoms with Gasteiger partial charge in [0.15, 0.2) is 11.6 Å². The number of carbonyl (C=O) groups is 3. The van der Waals surface area contributed by atoms with E-state index in [0.29, 0.717) is 45.1 Å². The molecule has 2 amide bonds. The third-order valence-corrected chi connectivity index (χ3v) is 9.43. The molecule has 0 spiro atoms. The van der Waals surface area contributed by atoms with Crippen LogP contribution < -0.4 is 20.1 Å². The highest BCUT2D eigenvalue weighted by Crippen LogP contribution is 2.39. The first-order chi connectivity index (χ1) is 19.1. The quantitative estimate of drug-likeness (QED) is 0.397. The van der Waals surface area contributed by atoms with Crippen LogP contribution in [0.3, 0.4) is 0 Å². The fourth-order valence-corrected chi connectivity index (χ4v) is 6.65. The lowest BCUT2D eigenvalue weighted by atomic mass is 9.75. The number of amides is 2. The maximum atomic E-state index is 14.9. The van der Waals surface area contributed by atoms with Gasteiger partial charge in [-0.3, -0.25) is 14.4 Å². The lowest BCUT2D eigenvalue weighted by molar-refractivity contribution is -0.154. The van der Waals surface area contributed by atoms with Gasteiger partial charge in [-0.2, -0.15) is 0 Å². The van der Waals surface area contributed by atoms with Crippen molar-refractivity contribution in [2.24, 2.45) is 16.7 Å². The Kier molecular flexibility index (Phi) is 9.62. The Labute approximate surface area is 237 Å². The first-order valence-corrected chi connectivity index (χ1v) is 14.8. The molecule has 4 rings (SSSR count). The summed E-state index contributed by atoms with van der Waals surface area (Å²) in [5, 5.41) is 6.18. The second-order valence-corrected chi connectivity index (χ2v) is 12.6. The van der Waals surface area contributed by atoms with E-state index in [0.717, 1.165) is 25.3 Å². The Morgan fingerprint density at radius 1 is 0.925 bits per heavy atom. The van der Waals surface area contributed by atoms with Crippen LogP contribution in [-0.4, -0.2) is 50.7 Å². The van der Waals surface area contributed by atoms with Crippen LogP contribution in [0.2, 0.25) is 0 Å². The third kappa shape index (κ3) is 6.89. The Hall–Kier alpha value is -2.84. The van der Waals surface area contributed by atoms with Gasteiger partial charge in [0.1, 0.15) is 5.75 Å². The summed E-state index contributed by atoms with van der Waals surface area (Å²) in [6.07, 6.45) is 10.2. The van der Waals surface area contributed by atoms with Crippen molar-refractivity contribution in [1.82, 2.24) is 10.6 Å². The molecule has 0 radical (unpaired) electrons. The van der Waals surface area contributed by atoms with Gasteiger partial charge in [0.25, 0.3) is 5.91 Å². The Morgan fingerprint density at radius 2 is 1.62 bits per heavy atom. The van der Waals surface area contributed by atoms with Gasteiger partial charge in [-0.05, 0) is 69.8 Å². The standard InChI is InChI=1S/C31H45FN2O6/c1-30(13-6-5-7-14-30)19-33-27(35)21-9-8-10-24(21)34-28(36)22-17-26(23(32)18-25(22)38-3)40-20-11-15-31(2,16-12-20)29(37)39-4/h17-18,20-21,24H,5-16,19H2,1-4H3,(H,33,35)(H,34,36)/t20?,21-,24+,31?/m0/s1. The van der Waals surface area contributed by atoms with Crippen molar-refractivity contribution in [3.05, 3.63) is 23.5 Å². The molecule has 1 aromatic carbocycles. The number of rotatable bonds is 9. The van der Waals surface area contributed by atoms with Gasteiger partial charge in [-0.25, -0.2) is 4.39 Å². The first kappa shape index (κ1) is 30.1. The molecule has 0 aromatic heterocycles. The number of halogens is 1. The fraction of sp³-hybridized carbons (Fsp3) is 0.710. The Bertz CT molecular complexity index is 1080. The van der Waals surface area contributed by atoms with E-state index in [1.54, 1.807) is 0 Å². The van der Waals surface area contributed by atoms with Crippen LogP contribution in [0.4, 0.5) is 4.39 Å². The summed E-state index contributed by atoms with van der Waals surface area (Å²) >= 11 is 0. The number of carbonyl (C=O) groups excluding carboxylic acids is 3. The van der Waals surface area contributed by atoms with Crippen LogP contribution in [0.1, 0.15) is 101 Å². The van der Waals surface area contributed by atoms with Gasteiger partial charge in [-0.15, -0.1) is 0 Å². The van der Waals surface area contributed by atoms with E-state index in [1.807, 2.05) is 6.92 Å². The molecular weight excluding hydrogens is 515 g/mol. The molecular formula is C31H45FN2O6. The van der Waals surface area contributed by atoms with Gasteiger partial charge in [0, 0.05) is 18.7 Å². The summed E-state index contributed by atoms with van der Waals surface area (Å²) in [6.45, 7) is 4.78. The minimum atomic E-state index is -0.621. The van der Waals surface area contributed by atoms with Gasteiger partial charge >= 0.3 is 5.97 Å². The zero-order valence-electron chi connectivity index (χ0n) is 24.4. The molecule has 40 heavy (non-hydrogen) atoms. The minimum absolute atomic E-state index is 0.0130. The van der Waals surface area contributed by atoms with Crippen molar-refractivity contribution in [1.29, 1.82) is 0 Å². The van der Waals surface area contributed by atoms with E-state index in [1.165, 1.54) is 39.5 Å². The maximum Gasteiger partial charge on any atom is 0.311 e. The van der Waals surface area contributed by atoms with Crippen LogP contribution in [0, 0.1) is 22.6 Å². The summed E-state index contributed by atoms with van der Waals surface area (Å²) in [5.74, 6) is -1.53. The Morgan fingerprint density at radius 3 is 2.27 bits per heavy atom. The average molecular weight is 561 g/mol. The van der Waals surface area contributed by atoms with Gasteiger partial charge in [0.2, 0.25) is 5.91 Å². The van der Waals surface area contributed by atoms with Crippen molar-refractivity contribution in [2.45, 2.75) is 103 Å². The largest absolute Gasteiger partial charge is 0.496 e. The Balaban J connectivity index is 1.39. The van der Waals surface area contributed by atoms with E-state index >= 15 is 0 Å². The second kappa shape index (κ2) is 12.8. The SMILES string of the molecule is COC(=O)C1(C)CCC(Oc2cc(C(=O)N[C@@H]3CCC[C@@H]3C(=O)NCC3(C)CCCCC3)c(OC)cc2F)CC1. The van der Waals surface area contributed by atoms with E-state index < -0.39 is 17.1 Å². The molecule has 3 saturated carbocycles. The lowest BCUT2D eigenvalue weighted by Gasteiger charge is -2.35. The zero-order valence-corrected chi connectivity index (χ0v) is 24.4. The topological polar surface area (TPSA) is 103 Å². The van der Waals surface area contributed by atoms with Crippen molar-refractivity contribution in [3.8, 4) is 11.5 Å². The number of benzene rings is 1. The van der Waals surface area contributed by atoms with Crippen molar-refractivity contribution >= 4 is 17.8 Å². The molecule has 3 fully saturated rings. The number of hydrogen-bond acceptors (Lipinski definition) is 6. The number of hydrogen-bond donors (Lipinski definition) is 2. The van der Waals surface area contributed by atoms with Crippen LogP contribution in [-0.2, 0) is 14.3 Å². The summed E-state index contributed by atoms with van der Waals surface area (Å²) in [7, 11) is 2.77. The van der Waals surface area contributed by atoms with E-state index in [9.17, 15) is 18.8 Å². The van der Waals surface area contributed by atoms with Crippen LogP contribution in [0.15, 0.2) is 12.1 Å². The minimum Gasteiger partial charge on any atom is -0.496 e. The van der Waals surface area contributed by atoms with Crippen molar-refractivity contribution < 1.29 is 33.0 Å². The highest BCUT2D eigenvalue weighted by atomic mass is 19.1. The van der Waals surface area contributed by atoms with Crippen molar-refractivity contribution in [2.75, 3.05) is 20.8 Å². The number of esters is 1. The predicted octanol–water partition coefficient (Wildman–Crippen LogP) is 5.32. The molecule has 3 aliphatic carbocycles. The molecule has 0 bridgehead atoms. The monoisotopic (exact) mass is 560 g/mol. The lowest BCUT2D eigenvalue weighted by Crippen LogP contribution is -2.46. The van der Waals surface area contributed by atoms with Gasteiger partial charge < -0.3 is 24.8 Å². The second-order valence-electron chi connectivity index (χ2n) is 12.6. The molecule has 0 saturated heterocycles. The molecule has 1 aromatic rings. The van der Waals surface area contributed by atoms with Gasteiger partial charge in [0.05, 0.1) is 37.2 Å². The van der Waals surface area contributed by atoms with Crippen LogP contribution in [0.25, 0.3) is 0 Å². The maximum absolute atomic E-state index is 14.9. The van der Waals surface area contributed by atoms with Crippen LogP contribution in [0.5, 0.6) is 11.5 Å². The number of ether oxygens (including phenoxy) is 3. The molecule has 2 N–H and O–H groups in total. The summed E-state index contributed by atoms with van der Waals surface area (Å²) < 4.78 is 31.2. The highest BCUT2D eigenvalue weighted by Gasteiger charge is 2.40. The average Bonchev–Trinajstić information content (AvgIpc) is 3.41. The van der Waals surface area contributed by atoms with Crippen molar-refractivity contribution in [3.63, 3.8) is 0 Å². The molecule has 3 aliphatic rings. The molecule has 0 aliphatic heterocycles. The van der Waals surface area contributed by atoms with E-state index in [-0.39, 0.29) is 52.4 Å². The molecule has 222 valence electrons. The fourth-order valence-electron chi connectivity index (χ4n) is 6.65. The zero-order chi connectivity index (χ0) is 28.9. The van der Waals surface area contributed by atoms with Crippen LogP contribution >= 0.6 is 0 Å². The molecule has 0 unspecified atom stereocenters. The molecule has 2 atom stereocenters. The third-order valence-electron chi connectivity index (χ3n) is 9.43. The summed E-state index contributed by atoms with van der Waals surface area (Å²) in [6, 6.07) is 2.24. The molecule has 0 heterocycles. The normalized spacial score (nSPS) is 27.9. The number of methoxy groups -OCH3 is 2.